The quantitative estimate of drug-likeness (QED) is 0.509. The van der Waals surface area contributed by atoms with Gasteiger partial charge in [0.25, 0.3) is 5.69 Å². The lowest BCUT2D eigenvalue weighted by Crippen LogP contribution is -2.31. The molecule has 0 atom stereocenters. The highest BCUT2D eigenvalue weighted by atomic mass is 32.2. The molecule has 11 heteroatoms. The number of benzene rings is 1. The van der Waals surface area contributed by atoms with E-state index in [9.17, 15) is 18.5 Å². The Kier molecular flexibility index (Phi) is 5.26. The average Bonchev–Trinajstić information content (AvgIpc) is 3.45. The second-order valence-electron chi connectivity index (χ2n) is 7.62. The molecule has 0 N–H and O–H groups in total. The lowest BCUT2D eigenvalue weighted by molar-refractivity contribution is -0.385. The van der Waals surface area contributed by atoms with E-state index in [1.165, 1.54) is 12.1 Å². The van der Waals surface area contributed by atoms with Crippen molar-refractivity contribution in [2.45, 2.75) is 36.6 Å². The second kappa shape index (κ2) is 7.71. The minimum atomic E-state index is -3.60. The van der Waals surface area contributed by atoms with Crippen molar-refractivity contribution in [3.63, 3.8) is 0 Å². The van der Waals surface area contributed by atoms with E-state index in [4.69, 9.17) is 4.52 Å². The van der Waals surface area contributed by atoms with Gasteiger partial charge < -0.3 is 9.42 Å². The summed E-state index contributed by atoms with van der Waals surface area (Å²) in [6.07, 6.45) is 4.12. The summed E-state index contributed by atoms with van der Waals surface area (Å²) >= 11 is 0. The van der Waals surface area contributed by atoms with Crippen molar-refractivity contribution in [3.8, 4) is 0 Å². The van der Waals surface area contributed by atoms with E-state index in [0.717, 1.165) is 44.0 Å². The third kappa shape index (κ3) is 4.56. The van der Waals surface area contributed by atoms with E-state index in [1.807, 2.05) is 4.90 Å². The third-order valence-electron chi connectivity index (χ3n) is 5.26. The van der Waals surface area contributed by atoms with Crippen molar-refractivity contribution in [2.24, 2.45) is 0 Å². The van der Waals surface area contributed by atoms with E-state index >= 15 is 0 Å². The van der Waals surface area contributed by atoms with Gasteiger partial charge in [0, 0.05) is 50.5 Å². The Bertz CT molecular complexity index is 1020. The molecule has 0 unspecified atom stereocenters. The molecule has 1 aromatic carbocycles. The van der Waals surface area contributed by atoms with Gasteiger partial charge in [0.1, 0.15) is 0 Å². The first kappa shape index (κ1) is 19.8. The first-order chi connectivity index (χ1) is 13.8. The van der Waals surface area contributed by atoms with Gasteiger partial charge in [0.2, 0.25) is 5.89 Å². The maximum Gasteiger partial charge on any atom is 0.270 e. The number of anilines is 1. The van der Waals surface area contributed by atoms with Crippen LogP contribution in [0.2, 0.25) is 0 Å². The van der Waals surface area contributed by atoms with E-state index in [1.54, 1.807) is 0 Å². The van der Waals surface area contributed by atoms with Gasteiger partial charge in [-0.3, -0.25) is 15.0 Å². The van der Waals surface area contributed by atoms with Gasteiger partial charge in [-0.1, -0.05) is 5.16 Å². The molecule has 1 aliphatic carbocycles. The Morgan fingerprint density at radius 1 is 1.24 bits per heavy atom. The molecule has 1 aliphatic heterocycles. The first-order valence-corrected chi connectivity index (χ1v) is 11.5. The fourth-order valence-corrected chi connectivity index (χ4v) is 4.48. The minimum Gasteiger partial charge on any atom is -0.369 e. The number of nitro benzene ring substituents is 1. The molecule has 10 nitrogen and oxygen atoms in total. The first-order valence-electron chi connectivity index (χ1n) is 9.59. The summed E-state index contributed by atoms with van der Waals surface area (Å²) in [5.41, 5.74) is 0.282. The highest BCUT2D eigenvalue weighted by molar-refractivity contribution is 7.90. The summed E-state index contributed by atoms with van der Waals surface area (Å²) in [5.74, 6) is 1.82. The minimum absolute atomic E-state index is 0.00704. The van der Waals surface area contributed by atoms with Crippen molar-refractivity contribution in [2.75, 3.05) is 37.3 Å². The Labute approximate surface area is 168 Å². The van der Waals surface area contributed by atoms with Crippen LogP contribution in [0.25, 0.3) is 0 Å². The largest absolute Gasteiger partial charge is 0.369 e. The van der Waals surface area contributed by atoms with E-state index < -0.39 is 14.8 Å². The molecule has 0 bridgehead atoms. The zero-order valence-corrected chi connectivity index (χ0v) is 17.0. The van der Waals surface area contributed by atoms with Crippen LogP contribution in [0.4, 0.5) is 11.4 Å². The Hall–Kier alpha value is -2.53. The molecule has 156 valence electrons. The van der Waals surface area contributed by atoms with Gasteiger partial charge in [0.05, 0.1) is 22.1 Å². The normalized spacial score (nSPS) is 18.6. The molecule has 2 heterocycles. The van der Waals surface area contributed by atoms with Gasteiger partial charge in [-0.25, -0.2) is 8.42 Å². The molecule has 2 aromatic rings. The summed E-state index contributed by atoms with van der Waals surface area (Å²) in [6, 6.07) is 4.03. The molecule has 4 rings (SSSR count). The molecular weight excluding hydrogens is 398 g/mol. The van der Waals surface area contributed by atoms with Crippen LogP contribution < -0.4 is 4.90 Å². The average molecular weight is 421 g/mol. The zero-order chi connectivity index (χ0) is 20.6. The summed E-state index contributed by atoms with van der Waals surface area (Å²) in [6.45, 7) is 3.38. The van der Waals surface area contributed by atoms with Crippen LogP contribution in [0.1, 0.15) is 36.9 Å². The number of hydrogen-bond acceptors (Lipinski definition) is 9. The summed E-state index contributed by atoms with van der Waals surface area (Å²) in [7, 11) is -3.60. The van der Waals surface area contributed by atoms with Crippen molar-refractivity contribution < 1.29 is 17.9 Å². The Balaban J connectivity index is 1.48. The number of aromatic nitrogens is 2. The molecule has 1 saturated carbocycles. The number of non-ortho nitro benzene ring substituents is 1. The summed E-state index contributed by atoms with van der Waals surface area (Å²) in [5, 5.41) is 15.1. The van der Waals surface area contributed by atoms with Crippen LogP contribution in [-0.4, -0.2) is 60.8 Å². The molecule has 0 spiro atoms. The van der Waals surface area contributed by atoms with Crippen molar-refractivity contribution >= 4 is 21.2 Å². The maximum absolute atomic E-state index is 12.2. The molecule has 29 heavy (non-hydrogen) atoms. The standard InChI is InChI=1S/C18H23N5O5S/c1-29(26,27)16-11-14(23(24)25)5-6-15(16)22-8-2-7-21(9-10-22)12-17-19-18(28-20-17)13-3-4-13/h5-6,11,13H,2-4,7-10,12H2,1H3. The highest BCUT2D eigenvalue weighted by Crippen LogP contribution is 2.38. The number of nitrogens with zero attached hydrogens (tertiary/aromatic N) is 5. The van der Waals surface area contributed by atoms with Gasteiger partial charge in [-0.15, -0.1) is 0 Å². The fraction of sp³-hybridized carbons (Fsp3) is 0.556. The van der Waals surface area contributed by atoms with Crippen molar-refractivity contribution in [3.05, 3.63) is 40.0 Å². The number of rotatable bonds is 6. The third-order valence-corrected chi connectivity index (χ3v) is 6.38. The van der Waals surface area contributed by atoms with Crippen molar-refractivity contribution in [1.82, 2.24) is 15.0 Å². The molecule has 2 fully saturated rings. The fourth-order valence-electron chi connectivity index (χ4n) is 3.57. The Morgan fingerprint density at radius 3 is 2.72 bits per heavy atom. The maximum atomic E-state index is 12.2. The Morgan fingerprint density at radius 2 is 2.03 bits per heavy atom. The zero-order valence-electron chi connectivity index (χ0n) is 16.2. The lowest BCUT2D eigenvalue weighted by atomic mass is 10.2. The molecule has 1 aromatic heterocycles. The van der Waals surface area contributed by atoms with E-state index in [0.29, 0.717) is 43.6 Å². The predicted octanol–water partition coefficient (Wildman–Crippen LogP) is 1.97. The smallest absolute Gasteiger partial charge is 0.270 e. The summed E-state index contributed by atoms with van der Waals surface area (Å²) < 4.78 is 29.8. The topological polar surface area (TPSA) is 123 Å². The molecule has 0 amide bonds. The van der Waals surface area contributed by atoms with Gasteiger partial charge >= 0.3 is 0 Å². The van der Waals surface area contributed by atoms with Crippen LogP contribution in [0, 0.1) is 10.1 Å². The molecule has 2 aliphatic rings. The van der Waals surface area contributed by atoms with E-state index in [2.05, 4.69) is 15.0 Å². The lowest BCUT2D eigenvalue weighted by Gasteiger charge is -2.25. The van der Waals surface area contributed by atoms with Crippen LogP contribution in [-0.2, 0) is 16.4 Å². The SMILES string of the molecule is CS(=O)(=O)c1cc([N+](=O)[O-])ccc1N1CCCN(Cc2noc(C3CC3)n2)CC1. The van der Waals surface area contributed by atoms with Crippen molar-refractivity contribution in [1.29, 1.82) is 0 Å². The number of nitro groups is 1. The predicted molar refractivity (Wildman–Crippen MR) is 105 cm³/mol. The van der Waals surface area contributed by atoms with Crippen LogP contribution in [0.3, 0.4) is 0 Å². The van der Waals surface area contributed by atoms with Gasteiger partial charge in [-0.2, -0.15) is 4.98 Å². The van der Waals surface area contributed by atoms with Gasteiger partial charge in [0.15, 0.2) is 15.7 Å². The summed E-state index contributed by atoms with van der Waals surface area (Å²) in [4.78, 5) is 19.1. The van der Waals surface area contributed by atoms with Crippen LogP contribution >= 0.6 is 0 Å². The monoisotopic (exact) mass is 421 g/mol. The number of hydrogen-bond donors (Lipinski definition) is 0. The van der Waals surface area contributed by atoms with Gasteiger partial charge in [-0.05, 0) is 25.3 Å². The highest BCUT2D eigenvalue weighted by Gasteiger charge is 2.30. The second-order valence-corrected chi connectivity index (χ2v) is 9.61. The molecule has 0 radical (unpaired) electrons. The molecule has 1 saturated heterocycles. The van der Waals surface area contributed by atoms with E-state index in [-0.39, 0.29) is 10.6 Å². The van der Waals surface area contributed by atoms with Crippen LogP contribution in [0.15, 0.2) is 27.6 Å². The molecular formula is C18H23N5O5S. The van der Waals surface area contributed by atoms with Crippen LogP contribution in [0.5, 0.6) is 0 Å². The number of sulfone groups is 1.